The van der Waals surface area contributed by atoms with Gasteiger partial charge in [-0.3, -0.25) is 9.59 Å². The van der Waals surface area contributed by atoms with E-state index in [1.807, 2.05) is 6.08 Å². The van der Waals surface area contributed by atoms with Crippen molar-refractivity contribution in [3.05, 3.63) is 24.3 Å². The van der Waals surface area contributed by atoms with Crippen LogP contribution < -0.4 is 5.32 Å². The Labute approximate surface area is 411 Å². The molecule has 0 rings (SSSR count). The number of amides is 1. The molecule has 0 aromatic heterocycles. The molecule has 0 aliphatic rings. The molecule has 0 aliphatic heterocycles. The largest absolute Gasteiger partial charge is 0.466 e. The van der Waals surface area contributed by atoms with E-state index < -0.39 is 12.1 Å². The zero-order chi connectivity index (χ0) is 47.9. The van der Waals surface area contributed by atoms with E-state index in [-0.39, 0.29) is 18.5 Å². The van der Waals surface area contributed by atoms with E-state index in [0.717, 1.165) is 51.4 Å². The topological polar surface area (TPSA) is 95.9 Å². The van der Waals surface area contributed by atoms with Crippen molar-refractivity contribution in [2.75, 3.05) is 13.2 Å². The molecular weight excluding hydrogens is 815 g/mol. The minimum atomic E-state index is -0.700. The van der Waals surface area contributed by atoms with E-state index in [1.165, 1.54) is 231 Å². The number of ether oxygens (including phenoxy) is 1. The van der Waals surface area contributed by atoms with Crippen molar-refractivity contribution in [3.8, 4) is 0 Å². The van der Waals surface area contributed by atoms with Gasteiger partial charge in [0.25, 0.3) is 0 Å². The lowest BCUT2D eigenvalue weighted by Crippen LogP contribution is -2.45. The first-order valence-electron chi connectivity index (χ1n) is 29.6. The fourth-order valence-corrected chi connectivity index (χ4v) is 9.22. The van der Waals surface area contributed by atoms with Crippen LogP contribution >= 0.6 is 0 Å². The molecule has 2 atom stereocenters. The van der Waals surface area contributed by atoms with Crippen LogP contribution in [0.25, 0.3) is 0 Å². The highest BCUT2D eigenvalue weighted by atomic mass is 16.5. The zero-order valence-electron chi connectivity index (χ0n) is 44.4. The predicted octanol–water partition coefficient (Wildman–Crippen LogP) is 18.2. The summed E-state index contributed by atoms with van der Waals surface area (Å²) in [5, 5.41) is 23.3. The van der Waals surface area contributed by atoms with Crippen LogP contribution in [0.2, 0.25) is 0 Å². The molecule has 0 aromatic carbocycles. The van der Waals surface area contributed by atoms with Gasteiger partial charge in [-0.1, -0.05) is 289 Å². The summed E-state index contributed by atoms with van der Waals surface area (Å²) in [6.07, 6.45) is 67.6. The third-order valence-electron chi connectivity index (χ3n) is 13.8. The van der Waals surface area contributed by atoms with Crippen LogP contribution in [0.4, 0.5) is 0 Å². The van der Waals surface area contributed by atoms with Crippen LogP contribution in [-0.4, -0.2) is 47.4 Å². The maximum atomic E-state index is 12.5. The molecule has 0 fully saturated rings. The average Bonchev–Trinajstić information content (AvgIpc) is 3.32. The first kappa shape index (κ1) is 64.3. The van der Waals surface area contributed by atoms with Gasteiger partial charge in [-0.15, -0.1) is 0 Å². The molecule has 66 heavy (non-hydrogen) atoms. The molecule has 6 heteroatoms. The summed E-state index contributed by atoms with van der Waals surface area (Å²) >= 11 is 0. The van der Waals surface area contributed by atoms with Crippen LogP contribution in [0.1, 0.15) is 322 Å². The molecule has 0 saturated carbocycles. The van der Waals surface area contributed by atoms with Crippen molar-refractivity contribution in [1.29, 1.82) is 0 Å². The SMILES string of the molecule is CCCCCCCCCCCCCCCCCCCCCCCCCC(O)C(CO)NC(=O)CC/C=C\C/C=C\CCCCCCCCOC(=O)CCCCCCCCCCCCCCC. The number of carbonyl (C=O) groups is 2. The highest BCUT2D eigenvalue weighted by molar-refractivity contribution is 5.76. The summed E-state index contributed by atoms with van der Waals surface area (Å²) in [6, 6.07) is -0.586. The van der Waals surface area contributed by atoms with Crippen molar-refractivity contribution in [3.63, 3.8) is 0 Å². The van der Waals surface area contributed by atoms with Crippen LogP contribution in [-0.2, 0) is 14.3 Å². The van der Waals surface area contributed by atoms with Gasteiger partial charge in [0.1, 0.15) is 0 Å². The third kappa shape index (κ3) is 51.7. The summed E-state index contributed by atoms with van der Waals surface area (Å²) in [5.41, 5.74) is 0. The lowest BCUT2D eigenvalue weighted by atomic mass is 10.0. The van der Waals surface area contributed by atoms with Gasteiger partial charge in [0, 0.05) is 12.8 Å². The molecular formula is C60H115NO5. The monoisotopic (exact) mass is 930 g/mol. The van der Waals surface area contributed by atoms with Crippen molar-refractivity contribution >= 4 is 11.9 Å². The van der Waals surface area contributed by atoms with E-state index in [0.29, 0.717) is 32.3 Å². The Morgan fingerprint density at radius 3 is 1.18 bits per heavy atom. The minimum absolute atomic E-state index is 0.0147. The van der Waals surface area contributed by atoms with E-state index in [9.17, 15) is 19.8 Å². The van der Waals surface area contributed by atoms with Gasteiger partial charge < -0.3 is 20.3 Å². The molecule has 6 nitrogen and oxygen atoms in total. The molecule has 0 aliphatic carbocycles. The second kappa shape index (κ2) is 55.9. The molecule has 1 amide bonds. The Balaban J connectivity index is 3.52. The Hall–Kier alpha value is -1.66. The number of aliphatic hydroxyl groups excluding tert-OH is 2. The number of aliphatic hydroxyl groups is 2. The van der Waals surface area contributed by atoms with Gasteiger partial charge in [0.2, 0.25) is 5.91 Å². The lowest BCUT2D eigenvalue weighted by molar-refractivity contribution is -0.143. The number of nitrogens with one attached hydrogen (secondary N) is 1. The number of unbranched alkanes of at least 4 members (excludes halogenated alkanes) is 40. The Kier molecular flexibility index (Phi) is 54.5. The number of carbonyl (C=O) groups excluding carboxylic acids is 2. The molecule has 0 aromatic rings. The van der Waals surface area contributed by atoms with E-state index in [2.05, 4.69) is 37.4 Å². The van der Waals surface area contributed by atoms with E-state index in [1.54, 1.807) is 0 Å². The molecule has 0 spiro atoms. The first-order chi connectivity index (χ1) is 32.5. The number of rotatable bonds is 55. The van der Waals surface area contributed by atoms with Gasteiger partial charge in [-0.05, 0) is 44.9 Å². The summed E-state index contributed by atoms with van der Waals surface area (Å²) in [5.74, 6) is -0.127. The zero-order valence-corrected chi connectivity index (χ0v) is 44.4. The second-order valence-corrected chi connectivity index (χ2v) is 20.3. The molecule has 0 heterocycles. The number of esters is 1. The van der Waals surface area contributed by atoms with Gasteiger partial charge >= 0.3 is 5.97 Å². The molecule has 0 saturated heterocycles. The highest BCUT2D eigenvalue weighted by Crippen LogP contribution is 2.18. The van der Waals surface area contributed by atoms with Crippen molar-refractivity contribution in [1.82, 2.24) is 5.32 Å². The third-order valence-corrected chi connectivity index (χ3v) is 13.8. The van der Waals surface area contributed by atoms with Crippen molar-refractivity contribution in [2.24, 2.45) is 0 Å². The Morgan fingerprint density at radius 2 is 0.773 bits per heavy atom. The minimum Gasteiger partial charge on any atom is -0.466 e. The maximum Gasteiger partial charge on any atom is 0.305 e. The van der Waals surface area contributed by atoms with Gasteiger partial charge in [0.05, 0.1) is 25.4 Å². The molecule has 2 unspecified atom stereocenters. The van der Waals surface area contributed by atoms with Gasteiger partial charge in [0.15, 0.2) is 0 Å². The van der Waals surface area contributed by atoms with Crippen molar-refractivity contribution < 1.29 is 24.5 Å². The average molecular weight is 931 g/mol. The van der Waals surface area contributed by atoms with E-state index >= 15 is 0 Å². The number of hydrogen-bond acceptors (Lipinski definition) is 5. The molecule has 3 N–H and O–H groups in total. The summed E-state index contributed by atoms with van der Waals surface area (Å²) in [7, 11) is 0. The number of hydrogen-bond donors (Lipinski definition) is 3. The molecule has 0 radical (unpaired) electrons. The first-order valence-corrected chi connectivity index (χ1v) is 29.6. The Morgan fingerprint density at radius 1 is 0.424 bits per heavy atom. The van der Waals surface area contributed by atoms with Crippen LogP contribution in [0.3, 0.4) is 0 Å². The Bertz CT molecular complexity index is 1030. The second-order valence-electron chi connectivity index (χ2n) is 20.3. The van der Waals surface area contributed by atoms with Gasteiger partial charge in [-0.2, -0.15) is 0 Å². The summed E-state index contributed by atoms with van der Waals surface area (Å²) < 4.78 is 5.45. The fraction of sp³-hybridized carbons (Fsp3) is 0.900. The van der Waals surface area contributed by atoms with Crippen molar-refractivity contribution in [2.45, 2.75) is 334 Å². The normalized spacial score (nSPS) is 12.7. The van der Waals surface area contributed by atoms with Crippen LogP contribution in [0.15, 0.2) is 24.3 Å². The summed E-state index contributed by atoms with van der Waals surface area (Å²) in [6.45, 7) is 4.91. The number of allylic oxidation sites excluding steroid dienone is 4. The fourth-order valence-electron chi connectivity index (χ4n) is 9.22. The van der Waals surface area contributed by atoms with Crippen LogP contribution in [0, 0.1) is 0 Å². The van der Waals surface area contributed by atoms with Crippen LogP contribution in [0.5, 0.6) is 0 Å². The van der Waals surface area contributed by atoms with E-state index in [4.69, 9.17) is 4.74 Å². The predicted molar refractivity (Wildman–Crippen MR) is 287 cm³/mol. The quantitative estimate of drug-likeness (QED) is 0.0321. The maximum absolute atomic E-state index is 12.5. The highest BCUT2D eigenvalue weighted by Gasteiger charge is 2.19. The lowest BCUT2D eigenvalue weighted by Gasteiger charge is -2.22. The van der Waals surface area contributed by atoms with Gasteiger partial charge in [-0.25, -0.2) is 0 Å². The summed E-state index contributed by atoms with van der Waals surface area (Å²) in [4.78, 5) is 24.5. The standard InChI is InChI=1S/C60H115NO5/c1-3-5-7-9-11-13-15-17-18-19-20-21-22-23-24-25-26-29-32-36-40-44-48-52-58(63)57(56-62)61-59(64)53-49-45-41-37-33-30-27-31-35-39-43-47-51-55-66-60(65)54-50-46-42-38-34-28-16-14-12-10-8-6-4-2/h30,33,41,45,57-58,62-63H,3-29,31-32,34-40,42-44,46-56H2,1-2H3,(H,61,64)/b33-30-,45-41-. The molecule has 0 bridgehead atoms. The smallest absolute Gasteiger partial charge is 0.305 e. The molecule has 390 valence electrons.